The van der Waals surface area contributed by atoms with Crippen LogP contribution in [-0.4, -0.2) is 20.6 Å². The van der Waals surface area contributed by atoms with Crippen LogP contribution in [0.4, 0.5) is 0 Å². The minimum Gasteiger partial charge on any atom is -0.485 e. The molecule has 1 aliphatic heterocycles. The van der Waals surface area contributed by atoms with E-state index in [-0.39, 0.29) is 12.0 Å². The third kappa shape index (κ3) is 4.62. The quantitative estimate of drug-likeness (QED) is 0.186. The molecular weight excluding hydrogens is 647 g/mol. The van der Waals surface area contributed by atoms with Gasteiger partial charge >= 0.3 is 0 Å². The predicted octanol–water partition coefficient (Wildman–Crippen LogP) is 11.6. The Morgan fingerprint density at radius 3 is 2.32 bits per heavy atom. The molecule has 0 amide bonds. The number of hydrogen-bond acceptors (Lipinski definition) is 3. The van der Waals surface area contributed by atoms with Crippen LogP contribution in [-0.2, 0) is 6.42 Å². The third-order valence-corrected chi connectivity index (χ3v) is 11.5. The first kappa shape index (κ1) is 30.1. The number of rotatable bonds is 4. The number of fused-ring (bicyclic) bond motifs is 9. The number of aromatic nitrogens is 3. The highest BCUT2D eigenvalue weighted by molar-refractivity contribution is 6.10. The molecule has 8 aromatic rings. The van der Waals surface area contributed by atoms with Crippen molar-refractivity contribution < 1.29 is 4.74 Å². The second kappa shape index (κ2) is 11.5. The molecule has 6 aromatic carbocycles. The zero-order valence-electron chi connectivity index (χ0n) is 29.5. The van der Waals surface area contributed by atoms with E-state index < -0.39 is 0 Å². The van der Waals surface area contributed by atoms with Gasteiger partial charge in [0, 0.05) is 33.5 Å². The van der Waals surface area contributed by atoms with Gasteiger partial charge in [0.15, 0.2) is 5.82 Å². The maximum atomic E-state index is 6.43. The van der Waals surface area contributed by atoms with Gasteiger partial charge in [0.1, 0.15) is 17.7 Å². The lowest BCUT2D eigenvalue weighted by atomic mass is 9.84. The van der Waals surface area contributed by atoms with Gasteiger partial charge in [-0.15, -0.1) is 0 Å². The molecule has 2 unspecified atom stereocenters. The van der Waals surface area contributed by atoms with Gasteiger partial charge in [0.05, 0.1) is 22.6 Å². The highest BCUT2D eigenvalue weighted by Gasteiger charge is 2.38. The number of hydrogen-bond donors (Lipinski definition) is 0. The van der Waals surface area contributed by atoms with Crippen LogP contribution >= 0.6 is 0 Å². The van der Waals surface area contributed by atoms with Crippen molar-refractivity contribution >= 4 is 27.4 Å². The van der Waals surface area contributed by atoms with E-state index in [0.717, 1.165) is 45.9 Å². The van der Waals surface area contributed by atoms with Crippen molar-refractivity contribution in [3.05, 3.63) is 185 Å². The van der Waals surface area contributed by atoms with Gasteiger partial charge in [0.25, 0.3) is 0 Å². The molecule has 0 N–H and O–H groups in total. The van der Waals surface area contributed by atoms with Gasteiger partial charge in [-0.2, -0.15) is 0 Å². The van der Waals surface area contributed by atoms with E-state index in [1.807, 2.05) is 6.07 Å². The lowest BCUT2D eigenvalue weighted by Gasteiger charge is -2.22. The number of para-hydroxylation sites is 2. The van der Waals surface area contributed by atoms with Crippen molar-refractivity contribution in [3.63, 3.8) is 0 Å². The molecule has 4 heteroatoms. The molecule has 0 spiro atoms. The number of aryl methyl sites for hydroxylation is 2. The van der Waals surface area contributed by atoms with Crippen molar-refractivity contribution in [1.82, 2.24) is 14.5 Å². The molecule has 11 rings (SSSR count). The second-order valence-electron chi connectivity index (χ2n) is 14.6. The van der Waals surface area contributed by atoms with E-state index in [9.17, 15) is 0 Å². The van der Waals surface area contributed by atoms with E-state index in [1.165, 1.54) is 60.8 Å². The second-order valence-corrected chi connectivity index (χ2v) is 14.6. The first-order valence-electron chi connectivity index (χ1n) is 18.4. The van der Waals surface area contributed by atoms with Gasteiger partial charge in [-0.3, -0.25) is 4.57 Å². The lowest BCUT2D eigenvalue weighted by Crippen LogP contribution is -2.20. The summed E-state index contributed by atoms with van der Waals surface area (Å²) >= 11 is 0. The summed E-state index contributed by atoms with van der Waals surface area (Å²) in [5.74, 6) is 2.50. The zero-order chi connectivity index (χ0) is 35.2. The Balaban J connectivity index is 1.14. The average Bonchev–Trinajstić information content (AvgIpc) is 3.86. The molecule has 2 atom stereocenters. The van der Waals surface area contributed by atoms with Crippen molar-refractivity contribution in [2.75, 3.05) is 0 Å². The Hall–Kier alpha value is -6.52. The van der Waals surface area contributed by atoms with Crippen LogP contribution in [0.25, 0.3) is 66.7 Å². The Kier molecular flexibility index (Phi) is 6.54. The highest BCUT2D eigenvalue weighted by Crippen LogP contribution is 2.48. The molecule has 2 aliphatic carbocycles. The lowest BCUT2D eigenvalue weighted by molar-refractivity contribution is 0.271. The van der Waals surface area contributed by atoms with Crippen LogP contribution in [0.3, 0.4) is 0 Å². The molecular formula is C49H35N3O. The Morgan fingerprint density at radius 2 is 1.40 bits per heavy atom. The van der Waals surface area contributed by atoms with E-state index in [1.54, 1.807) is 0 Å². The van der Waals surface area contributed by atoms with Gasteiger partial charge in [-0.25, -0.2) is 9.97 Å². The minimum absolute atomic E-state index is 0.0106. The van der Waals surface area contributed by atoms with Crippen LogP contribution < -0.4 is 4.74 Å². The summed E-state index contributed by atoms with van der Waals surface area (Å²) in [7, 11) is 0. The van der Waals surface area contributed by atoms with Crippen molar-refractivity contribution in [2.24, 2.45) is 0 Å². The summed E-state index contributed by atoms with van der Waals surface area (Å²) in [5, 5.41) is 2.42. The molecule has 2 aromatic heterocycles. The molecule has 3 aliphatic rings. The van der Waals surface area contributed by atoms with Crippen LogP contribution in [0.5, 0.6) is 5.75 Å². The van der Waals surface area contributed by atoms with Crippen molar-refractivity contribution in [3.8, 4) is 45.1 Å². The van der Waals surface area contributed by atoms with E-state index >= 15 is 0 Å². The SMILES string of the molecule is Cc1cc2c(cc1-c1cc3c(cc1C)c1ccccc1n3-c1cc(-c3ccccc3)nc(C3=CC=CC4Oc5ccccc5C34)n1)Cc1ccccc1-2. The first-order valence-corrected chi connectivity index (χ1v) is 18.4. The maximum absolute atomic E-state index is 6.43. The largest absolute Gasteiger partial charge is 0.485 e. The van der Waals surface area contributed by atoms with Gasteiger partial charge < -0.3 is 4.74 Å². The van der Waals surface area contributed by atoms with Gasteiger partial charge in [-0.1, -0.05) is 109 Å². The summed E-state index contributed by atoms with van der Waals surface area (Å²) in [6, 6.07) is 48.1. The standard InChI is InChI=1S/C49H35N3O/c1-29-23-40-33(25-32-15-6-7-16-34(32)40)26-38(29)39-27-44-41(24-30(39)2)35-17-8-10-20-43(35)52(44)47-28-42(31-13-4-3-5-14-31)50-49(51-47)37-19-12-22-46-48(37)36-18-9-11-21-45(36)53-46/h3-24,26-28,46,48H,25H2,1-2H3. The average molecular weight is 682 g/mol. The maximum Gasteiger partial charge on any atom is 0.158 e. The fraction of sp³-hybridized carbons (Fsp3) is 0.102. The zero-order valence-corrected chi connectivity index (χ0v) is 29.5. The van der Waals surface area contributed by atoms with Crippen LogP contribution in [0.2, 0.25) is 0 Å². The summed E-state index contributed by atoms with van der Waals surface area (Å²) in [4.78, 5) is 10.8. The number of benzene rings is 6. The van der Waals surface area contributed by atoms with E-state index in [0.29, 0.717) is 5.82 Å². The minimum atomic E-state index is -0.0954. The van der Waals surface area contributed by atoms with Crippen molar-refractivity contribution in [2.45, 2.75) is 32.3 Å². The van der Waals surface area contributed by atoms with Gasteiger partial charge in [-0.05, 0) is 101 Å². The number of ether oxygens (including phenoxy) is 1. The molecule has 4 nitrogen and oxygen atoms in total. The first-order chi connectivity index (χ1) is 26.1. The summed E-state index contributed by atoms with van der Waals surface area (Å²) in [6.07, 6.45) is 7.28. The normalized spacial score (nSPS) is 16.6. The monoisotopic (exact) mass is 681 g/mol. The van der Waals surface area contributed by atoms with Crippen molar-refractivity contribution in [1.29, 1.82) is 0 Å². The van der Waals surface area contributed by atoms with Crippen LogP contribution in [0.15, 0.2) is 152 Å². The molecule has 0 saturated heterocycles. The summed E-state index contributed by atoms with van der Waals surface area (Å²) < 4.78 is 8.78. The Labute approximate surface area is 308 Å². The molecule has 252 valence electrons. The molecule has 0 fully saturated rings. The Bertz CT molecular complexity index is 2880. The molecule has 0 bridgehead atoms. The van der Waals surface area contributed by atoms with E-state index in [2.05, 4.69) is 164 Å². The van der Waals surface area contributed by atoms with E-state index in [4.69, 9.17) is 14.7 Å². The molecule has 0 radical (unpaired) electrons. The number of allylic oxidation sites excluding steroid dienone is 2. The fourth-order valence-corrected chi connectivity index (χ4v) is 8.99. The molecule has 3 heterocycles. The smallest absolute Gasteiger partial charge is 0.158 e. The van der Waals surface area contributed by atoms with Crippen LogP contribution in [0.1, 0.15) is 39.6 Å². The number of nitrogens with zero attached hydrogens (tertiary/aromatic N) is 3. The summed E-state index contributed by atoms with van der Waals surface area (Å²) in [6.45, 7) is 4.50. The fourth-order valence-electron chi connectivity index (χ4n) is 8.99. The highest BCUT2D eigenvalue weighted by atomic mass is 16.5. The molecule has 0 saturated carbocycles. The Morgan fingerprint density at radius 1 is 0.623 bits per heavy atom. The topological polar surface area (TPSA) is 39.9 Å². The molecule has 53 heavy (non-hydrogen) atoms. The predicted molar refractivity (Wildman–Crippen MR) is 216 cm³/mol. The van der Waals surface area contributed by atoms with Gasteiger partial charge in [0.2, 0.25) is 0 Å². The summed E-state index contributed by atoms with van der Waals surface area (Å²) in [5.41, 5.74) is 17.0. The third-order valence-electron chi connectivity index (χ3n) is 11.5. The van der Waals surface area contributed by atoms with Crippen LogP contribution in [0, 0.1) is 13.8 Å².